The maximum atomic E-state index is 6.16. The van der Waals surface area contributed by atoms with E-state index < -0.39 is 0 Å². The Balaban J connectivity index is 2.01. The van der Waals surface area contributed by atoms with E-state index in [0.717, 1.165) is 15.5 Å². The lowest BCUT2D eigenvalue weighted by Crippen LogP contribution is -2.09. The average Bonchev–Trinajstić information content (AvgIpc) is 2.69. The summed E-state index contributed by atoms with van der Waals surface area (Å²) in [7, 11) is 3.24. The monoisotopic (exact) mass is 481 g/mol. The Morgan fingerprint density at radius 2 is 1.62 bits per heavy atom. The van der Waals surface area contributed by atoms with E-state index in [1.807, 2.05) is 30.3 Å². The molecule has 0 fully saturated rings. The molecule has 0 aliphatic heterocycles. The molecule has 0 aliphatic carbocycles. The van der Waals surface area contributed by atoms with Gasteiger partial charge in [-0.2, -0.15) is 4.98 Å². The molecule has 0 unspecified atom stereocenters. The lowest BCUT2D eigenvalue weighted by atomic mass is 10.2. The molecule has 0 saturated heterocycles. The van der Waals surface area contributed by atoms with Crippen molar-refractivity contribution in [3.8, 4) is 11.5 Å². The highest BCUT2D eigenvalue weighted by atomic mass is 79.9. The third-order valence-electron chi connectivity index (χ3n) is 3.91. The van der Waals surface area contributed by atoms with Crippen molar-refractivity contribution in [2.75, 3.05) is 46.0 Å². The van der Waals surface area contributed by atoms with Crippen LogP contribution in [0.15, 0.2) is 40.9 Å². The quantitative estimate of drug-likeness (QED) is 0.327. The van der Waals surface area contributed by atoms with Crippen LogP contribution in [0.3, 0.4) is 0 Å². The molecule has 9 heteroatoms. The van der Waals surface area contributed by atoms with Crippen molar-refractivity contribution in [2.45, 2.75) is 0 Å². The van der Waals surface area contributed by atoms with E-state index in [4.69, 9.17) is 30.5 Å². The van der Waals surface area contributed by atoms with Crippen molar-refractivity contribution in [1.82, 2.24) is 9.97 Å². The van der Waals surface area contributed by atoms with Gasteiger partial charge in [0.2, 0.25) is 5.28 Å². The van der Waals surface area contributed by atoms with Gasteiger partial charge in [0.05, 0.1) is 18.7 Å². The van der Waals surface area contributed by atoms with Crippen LogP contribution in [0.2, 0.25) is 5.28 Å². The molecule has 1 N–H and O–H groups in total. The molecular weight excluding hydrogens is 462 g/mol. The first-order valence-electron chi connectivity index (χ1n) is 8.88. The van der Waals surface area contributed by atoms with E-state index in [9.17, 15) is 0 Å². The van der Waals surface area contributed by atoms with Gasteiger partial charge < -0.3 is 24.3 Å². The molecule has 1 heterocycles. The highest BCUT2D eigenvalue weighted by Crippen LogP contribution is 2.36. The predicted octanol–water partition coefficient (Wildman–Crippen LogP) is 4.84. The summed E-state index contributed by atoms with van der Waals surface area (Å²) < 4.78 is 22.7. The average molecular weight is 483 g/mol. The second-order valence-corrected chi connectivity index (χ2v) is 7.23. The van der Waals surface area contributed by atoms with Crippen LogP contribution in [0.25, 0.3) is 10.9 Å². The lowest BCUT2D eigenvalue weighted by Gasteiger charge is -2.15. The number of aromatic nitrogens is 2. The SMILES string of the molecule is COCCOc1cc2nc(Cl)nc(Nc3cccc(Br)c3)c2cc1OCCOC. The molecule has 154 valence electrons. The Bertz CT molecular complexity index is 974. The van der Waals surface area contributed by atoms with E-state index in [1.165, 1.54) is 0 Å². The van der Waals surface area contributed by atoms with E-state index in [0.29, 0.717) is 49.3 Å². The molecular formula is C20H21BrClN3O4. The van der Waals surface area contributed by atoms with Crippen LogP contribution >= 0.6 is 27.5 Å². The van der Waals surface area contributed by atoms with Crippen molar-refractivity contribution in [3.63, 3.8) is 0 Å². The highest BCUT2D eigenvalue weighted by Gasteiger charge is 2.14. The first-order valence-corrected chi connectivity index (χ1v) is 10.0. The Kier molecular flexibility index (Phi) is 7.88. The number of hydrogen-bond donors (Lipinski definition) is 1. The molecule has 0 radical (unpaired) electrons. The number of nitrogens with one attached hydrogen (secondary N) is 1. The molecule has 0 aliphatic rings. The van der Waals surface area contributed by atoms with Gasteiger partial charge in [-0.05, 0) is 35.9 Å². The number of rotatable bonds is 10. The number of anilines is 2. The van der Waals surface area contributed by atoms with Gasteiger partial charge in [-0.1, -0.05) is 22.0 Å². The molecule has 3 aromatic rings. The Morgan fingerprint density at radius 3 is 2.28 bits per heavy atom. The number of methoxy groups -OCH3 is 2. The van der Waals surface area contributed by atoms with Crippen LogP contribution < -0.4 is 14.8 Å². The molecule has 0 saturated carbocycles. The number of hydrogen-bond acceptors (Lipinski definition) is 7. The molecule has 0 atom stereocenters. The zero-order valence-electron chi connectivity index (χ0n) is 16.1. The summed E-state index contributed by atoms with van der Waals surface area (Å²) in [6, 6.07) is 11.4. The first-order chi connectivity index (χ1) is 14.1. The van der Waals surface area contributed by atoms with Crippen LogP contribution in [0, 0.1) is 0 Å². The van der Waals surface area contributed by atoms with E-state index in [1.54, 1.807) is 20.3 Å². The minimum atomic E-state index is 0.130. The van der Waals surface area contributed by atoms with Crippen molar-refractivity contribution in [2.24, 2.45) is 0 Å². The van der Waals surface area contributed by atoms with Gasteiger partial charge in [0.1, 0.15) is 19.0 Å². The first kappa shape index (κ1) is 21.6. The number of nitrogens with zero attached hydrogens (tertiary/aromatic N) is 2. The van der Waals surface area contributed by atoms with Gasteiger partial charge in [0.15, 0.2) is 11.5 Å². The van der Waals surface area contributed by atoms with Crippen molar-refractivity contribution in [3.05, 3.63) is 46.2 Å². The van der Waals surface area contributed by atoms with Crippen LogP contribution in [0.1, 0.15) is 0 Å². The summed E-state index contributed by atoms with van der Waals surface area (Å²) in [6.07, 6.45) is 0. The fourth-order valence-corrected chi connectivity index (χ4v) is 3.18. The summed E-state index contributed by atoms with van der Waals surface area (Å²) in [5, 5.41) is 4.17. The standard InChI is InChI=1S/C20H21BrClN3O4/c1-26-6-8-28-17-11-15-16(12-18(17)29-9-7-27-2)24-20(22)25-19(15)23-14-5-3-4-13(21)10-14/h3-5,10-12H,6-9H2,1-2H3,(H,23,24,25). The van der Waals surface area contributed by atoms with E-state index in [2.05, 4.69) is 31.2 Å². The molecule has 1 aromatic heterocycles. The fourth-order valence-electron chi connectivity index (χ4n) is 2.60. The maximum Gasteiger partial charge on any atom is 0.224 e. The van der Waals surface area contributed by atoms with E-state index in [-0.39, 0.29) is 5.28 Å². The summed E-state index contributed by atoms with van der Waals surface area (Å²) >= 11 is 9.63. The molecule has 0 amide bonds. The van der Waals surface area contributed by atoms with Gasteiger partial charge in [-0.3, -0.25) is 0 Å². The van der Waals surface area contributed by atoms with Crippen molar-refractivity contribution < 1.29 is 18.9 Å². The number of ether oxygens (including phenoxy) is 4. The van der Waals surface area contributed by atoms with E-state index >= 15 is 0 Å². The van der Waals surface area contributed by atoms with Gasteiger partial charge in [-0.25, -0.2) is 4.98 Å². The van der Waals surface area contributed by atoms with Gasteiger partial charge in [0, 0.05) is 35.8 Å². The van der Waals surface area contributed by atoms with Crippen molar-refractivity contribution >= 4 is 49.9 Å². The van der Waals surface area contributed by atoms with Crippen LogP contribution in [-0.4, -0.2) is 50.6 Å². The molecule has 2 aromatic carbocycles. The van der Waals surface area contributed by atoms with Gasteiger partial charge in [-0.15, -0.1) is 0 Å². The number of benzene rings is 2. The third-order valence-corrected chi connectivity index (χ3v) is 4.57. The Hall–Kier alpha value is -2.13. The third kappa shape index (κ3) is 5.93. The van der Waals surface area contributed by atoms with Crippen LogP contribution in [-0.2, 0) is 9.47 Å². The second kappa shape index (κ2) is 10.6. The van der Waals surface area contributed by atoms with Gasteiger partial charge >= 0.3 is 0 Å². The largest absolute Gasteiger partial charge is 0.487 e. The normalized spacial score (nSPS) is 10.9. The smallest absolute Gasteiger partial charge is 0.224 e. The van der Waals surface area contributed by atoms with Crippen molar-refractivity contribution in [1.29, 1.82) is 0 Å². The summed E-state index contributed by atoms with van der Waals surface area (Å²) in [5.74, 6) is 1.68. The molecule has 7 nitrogen and oxygen atoms in total. The summed E-state index contributed by atoms with van der Waals surface area (Å²) in [6.45, 7) is 1.67. The number of fused-ring (bicyclic) bond motifs is 1. The highest BCUT2D eigenvalue weighted by molar-refractivity contribution is 9.10. The molecule has 29 heavy (non-hydrogen) atoms. The minimum Gasteiger partial charge on any atom is -0.487 e. The predicted molar refractivity (Wildman–Crippen MR) is 117 cm³/mol. The molecule has 0 spiro atoms. The second-order valence-electron chi connectivity index (χ2n) is 5.98. The summed E-state index contributed by atoms with van der Waals surface area (Å²) in [4.78, 5) is 8.69. The molecule has 3 rings (SSSR count). The topological polar surface area (TPSA) is 74.7 Å². The zero-order valence-corrected chi connectivity index (χ0v) is 18.4. The number of halogens is 2. The van der Waals surface area contributed by atoms with Crippen LogP contribution in [0.4, 0.5) is 11.5 Å². The lowest BCUT2D eigenvalue weighted by molar-refractivity contribution is 0.132. The van der Waals surface area contributed by atoms with Crippen LogP contribution in [0.5, 0.6) is 11.5 Å². The Morgan fingerprint density at radius 1 is 0.931 bits per heavy atom. The molecule has 0 bridgehead atoms. The maximum absolute atomic E-state index is 6.16. The zero-order chi connectivity index (χ0) is 20.6. The van der Waals surface area contributed by atoms with Gasteiger partial charge in [0.25, 0.3) is 0 Å². The Labute approximate surface area is 182 Å². The minimum absolute atomic E-state index is 0.130. The summed E-state index contributed by atoms with van der Waals surface area (Å²) in [5.41, 5.74) is 1.49. The fraction of sp³-hybridized carbons (Fsp3) is 0.300.